The molecule has 1 aromatic heterocycles. The maximum Gasteiger partial charge on any atom is 0.328 e. The number of carbonyl (C=O) groups is 1. The maximum atomic E-state index is 12.4. The Kier molecular flexibility index (Phi) is 5.39. The fourth-order valence-electron chi connectivity index (χ4n) is 3.53. The predicted octanol–water partition coefficient (Wildman–Crippen LogP) is 3.49. The molecule has 6 nitrogen and oxygen atoms in total. The second-order valence-electron chi connectivity index (χ2n) is 7.21. The van der Waals surface area contributed by atoms with Gasteiger partial charge >= 0.3 is 5.69 Å². The smallest absolute Gasteiger partial charge is 0.328 e. The molecule has 152 valence electrons. The van der Waals surface area contributed by atoms with Gasteiger partial charge in [-0.25, -0.2) is 4.79 Å². The Hall–Kier alpha value is -3.80. The van der Waals surface area contributed by atoms with Gasteiger partial charge in [0.05, 0.1) is 11.0 Å². The Morgan fingerprint density at radius 3 is 2.40 bits per heavy atom. The largest absolute Gasteiger partial charge is 0.483 e. The van der Waals surface area contributed by atoms with Gasteiger partial charge in [0.25, 0.3) is 5.91 Å². The van der Waals surface area contributed by atoms with E-state index in [1.807, 2.05) is 48.5 Å². The number of hydrogen-bond donors (Lipinski definition) is 1. The van der Waals surface area contributed by atoms with Crippen LogP contribution in [0.4, 0.5) is 5.69 Å². The van der Waals surface area contributed by atoms with Crippen molar-refractivity contribution >= 4 is 22.6 Å². The van der Waals surface area contributed by atoms with E-state index < -0.39 is 0 Å². The van der Waals surface area contributed by atoms with Crippen LogP contribution in [0.3, 0.4) is 0 Å². The highest BCUT2D eigenvalue weighted by Crippen LogP contribution is 2.22. The predicted molar refractivity (Wildman–Crippen MR) is 118 cm³/mol. The highest BCUT2D eigenvalue weighted by atomic mass is 16.5. The van der Waals surface area contributed by atoms with Crippen molar-refractivity contribution in [2.45, 2.75) is 6.42 Å². The van der Waals surface area contributed by atoms with E-state index in [2.05, 4.69) is 17.4 Å². The van der Waals surface area contributed by atoms with Crippen molar-refractivity contribution in [3.8, 4) is 5.75 Å². The van der Waals surface area contributed by atoms with E-state index in [9.17, 15) is 9.59 Å². The number of amides is 1. The minimum atomic E-state index is -0.259. The number of aryl methyl sites for hydroxylation is 2. The van der Waals surface area contributed by atoms with Crippen molar-refractivity contribution in [3.63, 3.8) is 0 Å². The first-order valence-electron chi connectivity index (χ1n) is 9.73. The van der Waals surface area contributed by atoms with Crippen molar-refractivity contribution in [3.05, 3.63) is 94.4 Å². The summed E-state index contributed by atoms with van der Waals surface area (Å²) >= 11 is 0. The molecule has 0 aliphatic heterocycles. The summed E-state index contributed by atoms with van der Waals surface area (Å²) in [5.41, 5.74) is 4.29. The Morgan fingerprint density at radius 2 is 1.60 bits per heavy atom. The summed E-state index contributed by atoms with van der Waals surface area (Å²) in [6, 6.07) is 23.3. The first kappa shape index (κ1) is 19.5. The van der Waals surface area contributed by atoms with E-state index in [1.54, 1.807) is 35.4 Å². The summed E-state index contributed by atoms with van der Waals surface area (Å²) < 4.78 is 8.94. The minimum Gasteiger partial charge on any atom is -0.483 e. The summed E-state index contributed by atoms with van der Waals surface area (Å²) in [5.74, 6) is 0.433. The van der Waals surface area contributed by atoms with Gasteiger partial charge in [0.1, 0.15) is 5.75 Å². The average molecular weight is 401 g/mol. The molecule has 4 rings (SSSR count). The van der Waals surface area contributed by atoms with Crippen LogP contribution in [0.1, 0.15) is 11.1 Å². The molecule has 1 amide bonds. The zero-order chi connectivity index (χ0) is 21.1. The normalized spacial score (nSPS) is 10.9. The molecule has 0 saturated heterocycles. The van der Waals surface area contributed by atoms with Crippen molar-refractivity contribution in [1.82, 2.24) is 9.13 Å². The van der Waals surface area contributed by atoms with Gasteiger partial charge in [0.2, 0.25) is 0 Å². The summed E-state index contributed by atoms with van der Waals surface area (Å²) in [6.07, 6.45) is 0.733. The fraction of sp³-hybridized carbons (Fsp3) is 0.167. The van der Waals surface area contributed by atoms with Crippen molar-refractivity contribution < 1.29 is 9.53 Å². The van der Waals surface area contributed by atoms with Crippen LogP contribution >= 0.6 is 0 Å². The Morgan fingerprint density at radius 1 is 0.900 bits per heavy atom. The third-order valence-electron chi connectivity index (χ3n) is 5.12. The molecule has 0 spiro atoms. The Balaban J connectivity index is 1.44. The lowest BCUT2D eigenvalue weighted by Gasteiger charge is -2.12. The lowest BCUT2D eigenvalue weighted by atomic mass is 10.0. The first-order chi connectivity index (χ1) is 14.5. The second-order valence-corrected chi connectivity index (χ2v) is 7.21. The number of ether oxygens (including phenoxy) is 1. The molecule has 0 atom stereocenters. The average Bonchev–Trinajstić information content (AvgIpc) is 2.97. The molecule has 3 aromatic carbocycles. The van der Waals surface area contributed by atoms with Crippen LogP contribution in [-0.4, -0.2) is 21.6 Å². The Labute approximate surface area is 174 Å². The van der Waals surface area contributed by atoms with Gasteiger partial charge < -0.3 is 10.1 Å². The fourth-order valence-corrected chi connectivity index (χ4v) is 3.53. The van der Waals surface area contributed by atoms with Crippen molar-refractivity contribution in [2.24, 2.45) is 14.1 Å². The molecule has 0 fully saturated rings. The molecule has 0 saturated carbocycles. The maximum absolute atomic E-state index is 12.4. The van der Waals surface area contributed by atoms with Crippen LogP contribution in [-0.2, 0) is 25.3 Å². The monoisotopic (exact) mass is 401 g/mol. The molecule has 0 unspecified atom stereocenters. The number of rotatable bonds is 6. The molecule has 6 heteroatoms. The number of para-hydroxylation sites is 1. The molecule has 1 N–H and O–H groups in total. The molecule has 30 heavy (non-hydrogen) atoms. The lowest BCUT2D eigenvalue weighted by Crippen LogP contribution is -2.20. The van der Waals surface area contributed by atoms with Crippen LogP contribution < -0.4 is 15.7 Å². The van der Waals surface area contributed by atoms with E-state index in [4.69, 9.17) is 4.74 Å². The molecule has 0 radical (unpaired) electrons. The second kappa shape index (κ2) is 8.29. The highest BCUT2D eigenvalue weighted by Gasteiger charge is 2.11. The van der Waals surface area contributed by atoms with Crippen molar-refractivity contribution in [1.29, 1.82) is 0 Å². The number of anilines is 1. The lowest BCUT2D eigenvalue weighted by molar-refractivity contribution is -0.118. The molecule has 4 aromatic rings. The van der Waals surface area contributed by atoms with Gasteiger partial charge in [0.15, 0.2) is 6.61 Å². The number of nitrogens with one attached hydrogen (secondary N) is 1. The SMILES string of the molecule is Cn1c(=O)n(C)c2cc(NC(=O)COc3ccccc3Cc3ccccc3)ccc21. The highest BCUT2D eigenvalue weighted by molar-refractivity contribution is 5.94. The summed E-state index contributed by atoms with van der Waals surface area (Å²) in [4.78, 5) is 24.5. The van der Waals surface area contributed by atoms with Crippen LogP contribution in [0.15, 0.2) is 77.6 Å². The van der Waals surface area contributed by atoms with E-state index in [-0.39, 0.29) is 18.2 Å². The topological polar surface area (TPSA) is 65.3 Å². The number of nitrogens with zero attached hydrogens (tertiary/aromatic N) is 2. The number of fused-ring (bicyclic) bond motifs is 1. The van der Waals surface area contributed by atoms with Crippen LogP contribution in [0, 0.1) is 0 Å². The van der Waals surface area contributed by atoms with Crippen LogP contribution in [0.25, 0.3) is 11.0 Å². The van der Waals surface area contributed by atoms with Gasteiger partial charge in [-0.05, 0) is 35.4 Å². The van der Waals surface area contributed by atoms with Crippen LogP contribution in [0.2, 0.25) is 0 Å². The molecule has 0 bridgehead atoms. The molecular formula is C24H23N3O3. The van der Waals surface area contributed by atoms with E-state index >= 15 is 0 Å². The zero-order valence-electron chi connectivity index (χ0n) is 17.0. The molecule has 0 aliphatic rings. The minimum absolute atomic E-state index is 0.0996. The third kappa shape index (κ3) is 3.98. The van der Waals surface area contributed by atoms with E-state index in [1.165, 1.54) is 5.56 Å². The number of carbonyl (C=O) groups excluding carboxylic acids is 1. The van der Waals surface area contributed by atoms with Crippen molar-refractivity contribution in [2.75, 3.05) is 11.9 Å². The Bertz CT molecular complexity index is 1260. The van der Waals surface area contributed by atoms with Crippen LogP contribution in [0.5, 0.6) is 5.75 Å². The standard InChI is InChI=1S/C24H23N3O3/c1-26-20-13-12-19(15-21(20)27(2)24(26)29)25-23(28)16-30-22-11-7-6-10-18(22)14-17-8-4-3-5-9-17/h3-13,15H,14,16H2,1-2H3,(H,25,28). The van der Waals surface area contributed by atoms with Gasteiger partial charge in [-0.2, -0.15) is 0 Å². The molecular weight excluding hydrogens is 378 g/mol. The first-order valence-corrected chi connectivity index (χ1v) is 9.73. The molecule has 1 heterocycles. The van der Waals surface area contributed by atoms with E-state index in [0.29, 0.717) is 11.4 Å². The van der Waals surface area contributed by atoms with E-state index in [0.717, 1.165) is 23.0 Å². The van der Waals surface area contributed by atoms with Gasteiger partial charge in [-0.15, -0.1) is 0 Å². The number of benzene rings is 3. The van der Waals surface area contributed by atoms with Gasteiger partial charge in [-0.1, -0.05) is 48.5 Å². The summed E-state index contributed by atoms with van der Waals surface area (Å²) in [6.45, 7) is -0.0996. The zero-order valence-corrected chi connectivity index (χ0v) is 17.0. The van der Waals surface area contributed by atoms with Gasteiger partial charge in [0, 0.05) is 26.2 Å². The summed E-state index contributed by atoms with van der Waals surface area (Å²) in [7, 11) is 3.44. The third-order valence-corrected chi connectivity index (χ3v) is 5.12. The quantitative estimate of drug-likeness (QED) is 0.538. The number of aromatic nitrogens is 2. The number of hydrogen-bond acceptors (Lipinski definition) is 3. The van der Waals surface area contributed by atoms with Gasteiger partial charge in [-0.3, -0.25) is 13.9 Å². The summed E-state index contributed by atoms with van der Waals surface area (Å²) in [5, 5.41) is 2.84. The number of imidazole rings is 1. The molecule has 0 aliphatic carbocycles.